The molecule has 1 aromatic carbocycles. The van der Waals surface area contributed by atoms with E-state index in [0.717, 1.165) is 0 Å². The quantitative estimate of drug-likeness (QED) is 0.673. The second-order valence-electron chi connectivity index (χ2n) is 3.77. The van der Waals surface area contributed by atoms with E-state index in [1.165, 1.54) is 20.8 Å². The number of carbonyl (C=O) groups is 2. The average Bonchev–Trinajstić information content (AvgIpc) is 2.13. The van der Waals surface area contributed by atoms with E-state index in [0.29, 0.717) is 10.7 Å². The summed E-state index contributed by atoms with van der Waals surface area (Å²) >= 11 is 5.83. The van der Waals surface area contributed by atoms with Crippen LogP contribution in [0.15, 0.2) is 24.3 Å². The third-order valence-electron chi connectivity index (χ3n) is 1.87. The van der Waals surface area contributed by atoms with Crippen LogP contribution in [-0.4, -0.2) is 17.8 Å². The van der Waals surface area contributed by atoms with Crippen molar-refractivity contribution in [1.29, 1.82) is 0 Å². The number of nitrogens with one attached hydrogen (secondary N) is 1. The van der Waals surface area contributed by atoms with E-state index in [9.17, 15) is 9.59 Å². The fourth-order valence-corrected chi connectivity index (χ4v) is 1.64. The molecule has 98 valence electrons. The highest BCUT2D eigenvalue weighted by Crippen LogP contribution is 2.21. The van der Waals surface area contributed by atoms with E-state index in [-0.39, 0.29) is 0 Å². The summed E-state index contributed by atoms with van der Waals surface area (Å²) in [5.74, 6) is -2.72. The summed E-state index contributed by atoms with van der Waals surface area (Å²) in [6.45, 7) is 3.87. The van der Waals surface area contributed by atoms with Crippen molar-refractivity contribution in [2.75, 3.05) is 5.32 Å². The summed E-state index contributed by atoms with van der Waals surface area (Å²) < 4.78 is 9.91. The van der Waals surface area contributed by atoms with Gasteiger partial charge in [-0.15, -0.1) is 0 Å². The lowest BCUT2D eigenvalue weighted by Crippen LogP contribution is -2.43. The second-order valence-corrected chi connectivity index (χ2v) is 4.20. The van der Waals surface area contributed by atoms with Crippen LogP contribution in [0.1, 0.15) is 20.8 Å². The number of ether oxygens (including phenoxy) is 2. The highest BCUT2D eigenvalue weighted by atomic mass is 35.5. The summed E-state index contributed by atoms with van der Waals surface area (Å²) in [6.07, 6.45) is 0. The largest absolute Gasteiger partial charge is 0.404 e. The normalized spacial score (nSPS) is 10.7. The molecule has 0 saturated heterocycles. The number of anilines is 1. The van der Waals surface area contributed by atoms with E-state index < -0.39 is 17.8 Å². The molecule has 0 amide bonds. The average molecular weight is 272 g/mol. The van der Waals surface area contributed by atoms with Crippen molar-refractivity contribution in [2.45, 2.75) is 26.7 Å². The minimum absolute atomic E-state index is 0.507. The van der Waals surface area contributed by atoms with Crippen LogP contribution in [0.3, 0.4) is 0 Å². The summed E-state index contributed by atoms with van der Waals surface area (Å²) in [4.78, 5) is 22.0. The van der Waals surface area contributed by atoms with Crippen LogP contribution in [0.5, 0.6) is 0 Å². The fraction of sp³-hybridized carbons (Fsp3) is 0.333. The fourth-order valence-electron chi connectivity index (χ4n) is 1.45. The van der Waals surface area contributed by atoms with Gasteiger partial charge in [-0.25, -0.2) is 0 Å². The van der Waals surface area contributed by atoms with Gasteiger partial charge in [0, 0.05) is 31.5 Å². The molecule has 0 spiro atoms. The first kappa shape index (κ1) is 14.3. The molecule has 0 aromatic heterocycles. The van der Waals surface area contributed by atoms with Gasteiger partial charge in [0.2, 0.25) is 0 Å². The number of hydrogen-bond acceptors (Lipinski definition) is 5. The number of hydrogen-bond donors (Lipinski definition) is 1. The Kier molecular flexibility index (Phi) is 4.55. The second kappa shape index (κ2) is 5.73. The topological polar surface area (TPSA) is 64.6 Å². The SMILES string of the molecule is CC(=O)OC(C)(Nc1cccc(Cl)c1)OC(C)=O. The number of rotatable bonds is 4. The van der Waals surface area contributed by atoms with Gasteiger partial charge < -0.3 is 14.8 Å². The van der Waals surface area contributed by atoms with Crippen molar-refractivity contribution in [1.82, 2.24) is 0 Å². The maximum absolute atomic E-state index is 11.0. The first-order valence-corrected chi connectivity index (χ1v) is 5.61. The molecule has 5 nitrogen and oxygen atoms in total. The van der Waals surface area contributed by atoms with Gasteiger partial charge in [-0.2, -0.15) is 0 Å². The van der Waals surface area contributed by atoms with Gasteiger partial charge in [-0.1, -0.05) is 17.7 Å². The summed E-state index contributed by atoms with van der Waals surface area (Å²) in [5, 5.41) is 3.30. The van der Waals surface area contributed by atoms with Gasteiger partial charge in [-0.05, 0) is 18.2 Å². The number of esters is 2. The molecule has 18 heavy (non-hydrogen) atoms. The Labute approximate surface area is 110 Å². The summed E-state index contributed by atoms with van der Waals surface area (Å²) in [7, 11) is 0. The Hall–Kier alpha value is -1.75. The van der Waals surface area contributed by atoms with E-state index in [1.54, 1.807) is 24.3 Å². The zero-order valence-electron chi connectivity index (χ0n) is 10.3. The standard InChI is InChI=1S/C12H14ClNO4/c1-8(15)17-12(3,18-9(2)16)14-11-6-4-5-10(13)7-11/h4-7,14H,1-3H3. The van der Waals surface area contributed by atoms with Crippen LogP contribution in [-0.2, 0) is 19.1 Å². The van der Waals surface area contributed by atoms with Gasteiger partial charge in [0.25, 0.3) is 0 Å². The predicted molar refractivity (Wildman–Crippen MR) is 67.0 cm³/mol. The zero-order chi connectivity index (χ0) is 13.8. The monoisotopic (exact) mass is 271 g/mol. The Morgan fingerprint density at radius 3 is 2.22 bits per heavy atom. The van der Waals surface area contributed by atoms with Gasteiger partial charge in [0.1, 0.15) is 0 Å². The lowest BCUT2D eigenvalue weighted by molar-refractivity contribution is -0.209. The van der Waals surface area contributed by atoms with Crippen molar-refractivity contribution in [3.05, 3.63) is 29.3 Å². The number of carbonyl (C=O) groups excluding carboxylic acids is 2. The molecule has 0 bridgehead atoms. The first-order valence-electron chi connectivity index (χ1n) is 5.24. The molecule has 0 heterocycles. The van der Waals surface area contributed by atoms with Crippen LogP contribution in [0.25, 0.3) is 0 Å². The van der Waals surface area contributed by atoms with Crippen LogP contribution >= 0.6 is 11.6 Å². The Bertz CT molecular complexity index is 445. The smallest absolute Gasteiger partial charge is 0.337 e. The van der Waals surface area contributed by atoms with Crippen molar-refractivity contribution < 1.29 is 19.1 Å². The Morgan fingerprint density at radius 1 is 1.22 bits per heavy atom. The van der Waals surface area contributed by atoms with Gasteiger partial charge >= 0.3 is 17.8 Å². The van der Waals surface area contributed by atoms with Crippen molar-refractivity contribution in [3.63, 3.8) is 0 Å². The third kappa shape index (κ3) is 4.63. The highest BCUT2D eigenvalue weighted by Gasteiger charge is 2.31. The molecule has 1 N–H and O–H groups in total. The van der Waals surface area contributed by atoms with E-state index >= 15 is 0 Å². The molecule has 1 rings (SSSR count). The molecular weight excluding hydrogens is 258 g/mol. The molecule has 6 heteroatoms. The lowest BCUT2D eigenvalue weighted by atomic mass is 10.3. The summed E-state index contributed by atoms with van der Waals surface area (Å²) in [5.41, 5.74) is 0.563. The molecule has 0 aliphatic heterocycles. The lowest BCUT2D eigenvalue weighted by Gasteiger charge is -2.29. The van der Waals surface area contributed by atoms with Crippen LogP contribution in [0.2, 0.25) is 5.02 Å². The molecule has 0 fully saturated rings. The Balaban J connectivity index is 2.90. The van der Waals surface area contributed by atoms with E-state index in [1.807, 2.05) is 0 Å². The molecule has 0 unspecified atom stereocenters. The van der Waals surface area contributed by atoms with Crippen molar-refractivity contribution in [3.8, 4) is 0 Å². The first-order chi connectivity index (χ1) is 8.31. The maximum Gasteiger partial charge on any atom is 0.337 e. The predicted octanol–water partition coefficient (Wildman–Crippen LogP) is 2.55. The highest BCUT2D eigenvalue weighted by molar-refractivity contribution is 6.30. The zero-order valence-corrected chi connectivity index (χ0v) is 11.1. The van der Waals surface area contributed by atoms with Crippen molar-refractivity contribution in [2.24, 2.45) is 0 Å². The third-order valence-corrected chi connectivity index (χ3v) is 2.11. The van der Waals surface area contributed by atoms with Crippen molar-refractivity contribution >= 4 is 29.2 Å². The number of benzene rings is 1. The van der Waals surface area contributed by atoms with Gasteiger partial charge in [-0.3, -0.25) is 9.59 Å². The minimum Gasteiger partial charge on any atom is -0.404 e. The molecule has 0 atom stereocenters. The van der Waals surface area contributed by atoms with E-state index in [4.69, 9.17) is 21.1 Å². The minimum atomic E-state index is -1.57. The molecular formula is C12H14ClNO4. The van der Waals surface area contributed by atoms with Crippen LogP contribution < -0.4 is 5.32 Å². The molecule has 1 aromatic rings. The summed E-state index contributed by atoms with van der Waals surface area (Å²) in [6, 6.07) is 6.73. The van der Waals surface area contributed by atoms with Gasteiger partial charge in [0.15, 0.2) is 0 Å². The van der Waals surface area contributed by atoms with Crippen LogP contribution in [0, 0.1) is 0 Å². The van der Waals surface area contributed by atoms with Gasteiger partial charge in [0.05, 0.1) is 0 Å². The molecule has 0 saturated carbocycles. The maximum atomic E-state index is 11.0. The molecule has 0 radical (unpaired) electrons. The molecule has 0 aliphatic carbocycles. The Morgan fingerprint density at radius 2 is 1.78 bits per heavy atom. The molecule has 0 aliphatic rings. The van der Waals surface area contributed by atoms with E-state index in [2.05, 4.69) is 5.32 Å². The van der Waals surface area contributed by atoms with Crippen LogP contribution in [0.4, 0.5) is 5.69 Å². The number of halogens is 1.